The van der Waals surface area contributed by atoms with E-state index in [1.54, 1.807) is 17.4 Å². The molecule has 12 heteroatoms. The van der Waals surface area contributed by atoms with Crippen molar-refractivity contribution in [1.82, 2.24) is 25.1 Å². The summed E-state index contributed by atoms with van der Waals surface area (Å²) >= 11 is 0. The Morgan fingerprint density at radius 2 is 1.95 bits per heavy atom. The third-order valence-corrected chi connectivity index (χ3v) is 9.21. The maximum absolute atomic E-state index is 13.5. The van der Waals surface area contributed by atoms with Gasteiger partial charge in [-0.3, -0.25) is 4.79 Å². The zero-order valence-electron chi connectivity index (χ0n) is 24.6. The first-order valence-corrected chi connectivity index (χ1v) is 16.1. The average molecular weight is 591 g/mol. The molecule has 1 aromatic heterocycles. The lowest BCUT2D eigenvalue weighted by Crippen LogP contribution is -2.64. The molecule has 2 heterocycles. The number of urea groups is 1. The van der Waals surface area contributed by atoms with Crippen molar-refractivity contribution in [2.75, 3.05) is 24.6 Å². The summed E-state index contributed by atoms with van der Waals surface area (Å²) in [4.78, 5) is 32.5. The molecule has 0 spiro atoms. The molecule has 2 aromatic rings. The molecule has 41 heavy (non-hydrogen) atoms. The van der Waals surface area contributed by atoms with E-state index in [0.29, 0.717) is 25.4 Å². The largest absolute Gasteiger partial charge is 0.389 e. The lowest BCUT2D eigenvalue weighted by atomic mass is 9.93. The van der Waals surface area contributed by atoms with Crippen LogP contribution in [-0.2, 0) is 27.6 Å². The molecule has 0 radical (unpaired) electrons. The summed E-state index contributed by atoms with van der Waals surface area (Å²) in [7, 11) is -3.45. The predicted octanol–water partition coefficient (Wildman–Crippen LogP) is 1.71. The van der Waals surface area contributed by atoms with Crippen molar-refractivity contribution in [2.45, 2.75) is 83.1 Å². The van der Waals surface area contributed by atoms with Crippen molar-refractivity contribution < 1.29 is 23.1 Å². The Morgan fingerprint density at radius 1 is 1.24 bits per heavy atom. The average Bonchev–Trinajstić information content (AvgIpc) is 3.37. The molecular formula is C29H46N6O5S. The van der Waals surface area contributed by atoms with Crippen LogP contribution in [0.3, 0.4) is 0 Å². The second kappa shape index (κ2) is 13.8. The van der Waals surface area contributed by atoms with E-state index in [4.69, 9.17) is 5.73 Å². The molecule has 1 aromatic carbocycles. The lowest BCUT2D eigenvalue weighted by Gasteiger charge is -2.36. The fraction of sp³-hybridized carbons (Fsp3) is 0.621. The zero-order valence-corrected chi connectivity index (χ0v) is 25.4. The van der Waals surface area contributed by atoms with Gasteiger partial charge in [0.1, 0.15) is 5.54 Å². The minimum absolute atomic E-state index is 0.00637. The molecule has 5 N–H and O–H groups in total. The number of benzene rings is 1. The van der Waals surface area contributed by atoms with Crippen LogP contribution in [0.25, 0.3) is 0 Å². The summed E-state index contributed by atoms with van der Waals surface area (Å²) < 4.78 is 26.4. The van der Waals surface area contributed by atoms with Gasteiger partial charge in [0.15, 0.2) is 9.84 Å². The molecule has 3 amide bonds. The zero-order chi connectivity index (χ0) is 30.3. The Morgan fingerprint density at radius 3 is 2.56 bits per heavy atom. The van der Waals surface area contributed by atoms with E-state index in [1.165, 1.54) is 0 Å². The number of imidazole rings is 1. The lowest BCUT2D eigenvalue weighted by molar-refractivity contribution is -0.127. The molecule has 0 bridgehead atoms. The summed E-state index contributed by atoms with van der Waals surface area (Å²) in [6.07, 6.45) is 5.59. The summed E-state index contributed by atoms with van der Waals surface area (Å²) in [5.41, 5.74) is 5.02. The van der Waals surface area contributed by atoms with E-state index in [2.05, 4.69) is 29.5 Å². The highest BCUT2D eigenvalue weighted by molar-refractivity contribution is 7.91. The Bertz CT molecular complexity index is 1240. The molecule has 1 aliphatic rings. The van der Waals surface area contributed by atoms with Crippen molar-refractivity contribution in [3.63, 3.8) is 0 Å². The Kier molecular flexibility index (Phi) is 11.0. The first-order chi connectivity index (χ1) is 19.2. The second-order valence-corrected chi connectivity index (χ2v) is 14.6. The molecule has 3 atom stereocenters. The van der Waals surface area contributed by atoms with Crippen LogP contribution in [0.5, 0.6) is 0 Å². The van der Waals surface area contributed by atoms with Crippen molar-refractivity contribution in [2.24, 2.45) is 11.7 Å². The van der Waals surface area contributed by atoms with E-state index in [1.807, 2.05) is 54.9 Å². The third kappa shape index (κ3) is 10.1. The van der Waals surface area contributed by atoms with Crippen LogP contribution in [0.2, 0.25) is 0 Å². The summed E-state index contributed by atoms with van der Waals surface area (Å²) in [5, 5.41) is 17.4. The number of carbonyl (C=O) groups excluding carboxylic acids is 2. The standard InChI is InChI=1S/C29H46N6O5S/c1-22(2)11-14-35(27(38)33-28(3,4)19-34-15-13-31-21-34)18-25(36)24(17-23-9-6-5-7-10-23)32-26(37)29(30)12-8-16-41(39,40)20-29/h5-7,9-10,13,15,21-22,24-25,36H,8,11-12,14,16-20,30H2,1-4H3,(H,32,37)(H,33,38)/t24-,25+,29?/m0/s1. The molecule has 1 aliphatic heterocycles. The normalized spacial score (nSPS) is 20.3. The number of aromatic nitrogens is 2. The fourth-order valence-corrected chi connectivity index (χ4v) is 6.86. The first-order valence-electron chi connectivity index (χ1n) is 14.2. The number of nitrogens with zero attached hydrogens (tertiary/aromatic N) is 3. The number of rotatable bonds is 13. The van der Waals surface area contributed by atoms with Crippen LogP contribution in [-0.4, -0.2) is 87.7 Å². The fourth-order valence-electron chi connectivity index (χ4n) is 5.07. The maximum Gasteiger partial charge on any atom is 0.317 e. The van der Waals surface area contributed by atoms with Gasteiger partial charge >= 0.3 is 6.03 Å². The van der Waals surface area contributed by atoms with E-state index in [9.17, 15) is 23.1 Å². The van der Waals surface area contributed by atoms with Gasteiger partial charge in [-0.25, -0.2) is 18.2 Å². The third-order valence-electron chi connectivity index (χ3n) is 7.34. The van der Waals surface area contributed by atoms with E-state index in [0.717, 1.165) is 12.0 Å². The summed E-state index contributed by atoms with van der Waals surface area (Å²) in [6, 6.07) is 8.25. The maximum atomic E-state index is 13.5. The van der Waals surface area contributed by atoms with Crippen LogP contribution in [0.1, 0.15) is 52.5 Å². The summed E-state index contributed by atoms with van der Waals surface area (Å²) in [5.74, 6) is -0.714. The number of sulfone groups is 1. The van der Waals surface area contributed by atoms with Crippen LogP contribution >= 0.6 is 0 Å². The SMILES string of the molecule is CC(C)CCN(C[C@@H](O)[C@H](Cc1ccccc1)NC(=O)C1(N)CCCS(=O)(=O)C1)C(=O)NC(C)(C)Cn1ccnc1. The second-order valence-electron chi connectivity index (χ2n) is 12.4. The minimum atomic E-state index is -3.45. The minimum Gasteiger partial charge on any atom is -0.389 e. The molecule has 1 saturated heterocycles. The van der Waals surface area contributed by atoms with E-state index >= 15 is 0 Å². The molecule has 3 rings (SSSR count). The van der Waals surface area contributed by atoms with Gasteiger partial charge in [0, 0.05) is 25.5 Å². The van der Waals surface area contributed by atoms with Crippen LogP contribution < -0.4 is 16.4 Å². The van der Waals surface area contributed by atoms with Crippen LogP contribution in [0, 0.1) is 5.92 Å². The van der Waals surface area contributed by atoms with Gasteiger partial charge < -0.3 is 30.9 Å². The number of carbonyl (C=O) groups is 2. The highest BCUT2D eigenvalue weighted by Crippen LogP contribution is 2.22. The number of aliphatic hydroxyl groups excluding tert-OH is 1. The van der Waals surface area contributed by atoms with Crippen molar-refractivity contribution in [1.29, 1.82) is 0 Å². The number of aliphatic hydroxyl groups is 1. The molecule has 1 unspecified atom stereocenters. The molecule has 0 aliphatic carbocycles. The Labute approximate surface area is 243 Å². The highest BCUT2D eigenvalue weighted by atomic mass is 32.2. The molecule has 0 saturated carbocycles. The van der Waals surface area contributed by atoms with Gasteiger partial charge in [0.05, 0.1) is 42.1 Å². The van der Waals surface area contributed by atoms with E-state index in [-0.39, 0.29) is 31.2 Å². The van der Waals surface area contributed by atoms with E-state index < -0.39 is 44.7 Å². The van der Waals surface area contributed by atoms with Crippen molar-refractivity contribution in [3.05, 3.63) is 54.6 Å². The van der Waals surface area contributed by atoms with Gasteiger partial charge in [-0.2, -0.15) is 0 Å². The Balaban J connectivity index is 1.79. The topological polar surface area (TPSA) is 160 Å². The molecular weight excluding hydrogens is 544 g/mol. The summed E-state index contributed by atoms with van der Waals surface area (Å²) in [6.45, 7) is 8.84. The first kappa shape index (κ1) is 32.6. The Hall–Kier alpha value is -2.96. The molecule has 1 fully saturated rings. The molecule has 11 nitrogen and oxygen atoms in total. The van der Waals surface area contributed by atoms with Crippen molar-refractivity contribution >= 4 is 21.8 Å². The number of nitrogens with one attached hydrogen (secondary N) is 2. The quantitative estimate of drug-likeness (QED) is 0.276. The van der Waals surface area contributed by atoms with Crippen LogP contribution in [0.4, 0.5) is 4.79 Å². The monoisotopic (exact) mass is 590 g/mol. The predicted molar refractivity (Wildman–Crippen MR) is 159 cm³/mol. The van der Waals surface area contributed by atoms with Gasteiger partial charge in [-0.05, 0) is 51.0 Å². The van der Waals surface area contributed by atoms with Gasteiger partial charge in [-0.1, -0.05) is 44.2 Å². The number of hydrogen-bond acceptors (Lipinski definition) is 7. The van der Waals surface area contributed by atoms with Gasteiger partial charge in [0.25, 0.3) is 0 Å². The molecule has 228 valence electrons. The van der Waals surface area contributed by atoms with Crippen molar-refractivity contribution in [3.8, 4) is 0 Å². The number of nitrogens with two attached hydrogens (primary N) is 1. The van der Waals surface area contributed by atoms with Gasteiger partial charge in [0.2, 0.25) is 5.91 Å². The highest BCUT2D eigenvalue weighted by Gasteiger charge is 2.43. The smallest absolute Gasteiger partial charge is 0.317 e. The van der Waals surface area contributed by atoms with Crippen LogP contribution in [0.15, 0.2) is 49.1 Å². The number of amides is 3. The number of hydrogen-bond donors (Lipinski definition) is 4. The van der Waals surface area contributed by atoms with Gasteiger partial charge in [-0.15, -0.1) is 0 Å².